The van der Waals surface area contributed by atoms with Gasteiger partial charge in [-0.25, -0.2) is 4.98 Å². The molecule has 0 bridgehead atoms. The molecule has 142 valence electrons. The Balaban J connectivity index is 2.11. The summed E-state index contributed by atoms with van der Waals surface area (Å²) >= 11 is 1.22. The zero-order valence-corrected chi connectivity index (χ0v) is 16.0. The van der Waals surface area contributed by atoms with E-state index in [0.717, 1.165) is 5.01 Å². The number of ketones is 1. The first kappa shape index (κ1) is 19.1. The number of carbonyl (C=O) groups excluding carboxylic acids is 2. The number of amides is 1. The smallest absolute Gasteiger partial charge is 0.290 e. The Labute approximate surface area is 160 Å². The Bertz CT molecular complexity index is 934. The number of benzene rings is 1. The van der Waals surface area contributed by atoms with Crippen molar-refractivity contribution in [1.29, 1.82) is 0 Å². The van der Waals surface area contributed by atoms with Crippen LogP contribution in [-0.4, -0.2) is 52.0 Å². The second kappa shape index (κ2) is 7.50. The summed E-state index contributed by atoms with van der Waals surface area (Å²) in [6.45, 7) is 3.95. The Morgan fingerprint density at radius 2 is 2.07 bits per heavy atom. The molecular formula is C19H20N2O5S. The van der Waals surface area contributed by atoms with E-state index in [1.54, 1.807) is 26.0 Å². The molecule has 3 rings (SSSR count). The Morgan fingerprint density at radius 1 is 1.33 bits per heavy atom. The fraction of sp³-hybridized carbons (Fsp3) is 0.316. The highest BCUT2D eigenvalue weighted by Crippen LogP contribution is 2.40. The fourth-order valence-electron chi connectivity index (χ4n) is 3.21. The first-order chi connectivity index (χ1) is 12.8. The molecule has 1 aromatic carbocycles. The van der Waals surface area contributed by atoms with E-state index in [4.69, 9.17) is 4.74 Å². The number of methoxy groups -OCH3 is 1. The molecule has 1 aliphatic heterocycles. The lowest BCUT2D eigenvalue weighted by molar-refractivity contribution is -0.130. The summed E-state index contributed by atoms with van der Waals surface area (Å²) in [4.78, 5) is 31.9. The maximum Gasteiger partial charge on any atom is 0.290 e. The van der Waals surface area contributed by atoms with Gasteiger partial charge in [-0.1, -0.05) is 12.1 Å². The van der Waals surface area contributed by atoms with Gasteiger partial charge in [0.15, 0.2) is 5.76 Å². The Kier molecular flexibility index (Phi) is 5.29. The van der Waals surface area contributed by atoms with Gasteiger partial charge in [0.05, 0.1) is 33.8 Å². The monoisotopic (exact) mass is 388 g/mol. The first-order valence-electron chi connectivity index (χ1n) is 8.35. The van der Waals surface area contributed by atoms with Crippen molar-refractivity contribution in [2.24, 2.45) is 0 Å². The summed E-state index contributed by atoms with van der Waals surface area (Å²) in [5.74, 6) is -1.63. The van der Waals surface area contributed by atoms with Gasteiger partial charge in [0.25, 0.3) is 5.91 Å². The highest BCUT2D eigenvalue weighted by atomic mass is 32.1. The number of rotatable bonds is 6. The van der Waals surface area contributed by atoms with Crippen LogP contribution >= 0.6 is 11.3 Å². The molecule has 0 spiro atoms. The van der Waals surface area contributed by atoms with E-state index in [1.165, 1.54) is 35.5 Å². The number of thiazole rings is 1. The van der Waals surface area contributed by atoms with Crippen molar-refractivity contribution in [3.05, 3.63) is 56.7 Å². The van der Waals surface area contributed by atoms with Gasteiger partial charge in [-0.3, -0.25) is 9.59 Å². The highest BCUT2D eigenvalue weighted by Gasteiger charge is 2.44. The summed E-state index contributed by atoms with van der Waals surface area (Å²) in [5, 5.41) is 21.1. The van der Waals surface area contributed by atoms with Crippen LogP contribution in [0.25, 0.3) is 0 Å². The molecule has 2 aromatic rings. The molecule has 7 nitrogen and oxygen atoms in total. The van der Waals surface area contributed by atoms with Gasteiger partial charge in [-0.05, 0) is 31.5 Å². The van der Waals surface area contributed by atoms with Crippen molar-refractivity contribution in [2.45, 2.75) is 19.9 Å². The van der Waals surface area contributed by atoms with Crippen LogP contribution in [-0.2, 0) is 9.53 Å². The van der Waals surface area contributed by atoms with Gasteiger partial charge < -0.3 is 19.8 Å². The predicted molar refractivity (Wildman–Crippen MR) is 100 cm³/mol. The molecule has 0 saturated heterocycles. The van der Waals surface area contributed by atoms with Gasteiger partial charge in [0, 0.05) is 13.7 Å². The van der Waals surface area contributed by atoms with Crippen molar-refractivity contribution in [2.75, 3.05) is 20.3 Å². The van der Waals surface area contributed by atoms with Crippen molar-refractivity contribution in [3.8, 4) is 5.75 Å². The number of hydrogen-bond acceptors (Lipinski definition) is 7. The van der Waals surface area contributed by atoms with E-state index in [9.17, 15) is 19.8 Å². The van der Waals surface area contributed by atoms with E-state index in [-0.39, 0.29) is 24.5 Å². The second-order valence-corrected chi connectivity index (χ2v) is 7.43. The zero-order chi connectivity index (χ0) is 19.7. The molecule has 1 amide bonds. The molecule has 2 N–H and O–H groups in total. The van der Waals surface area contributed by atoms with Crippen molar-refractivity contribution < 1.29 is 24.5 Å². The number of aromatic nitrogens is 1. The quantitative estimate of drug-likeness (QED) is 0.738. The number of Topliss-reactive ketones (excluding diaryl/α,β-unsaturated/α-hetero) is 1. The minimum absolute atomic E-state index is 0.00606. The van der Waals surface area contributed by atoms with Gasteiger partial charge in [0.2, 0.25) is 5.78 Å². The SMILES string of the molecule is COCCN1C(=O)C(O)=C(C(=O)c2sc(C)nc2C)C1c1cccc(O)c1. The molecule has 8 heteroatoms. The highest BCUT2D eigenvalue weighted by molar-refractivity contribution is 7.14. The number of ether oxygens (including phenoxy) is 1. The van der Waals surface area contributed by atoms with Crippen LogP contribution in [0.2, 0.25) is 0 Å². The molecule has 0 aliphatic carbocycles. The minimum Gasteiger partial charge on any atom is -0.508 e. The fourth-order valence-corrected chi connectivity index (χ4v) is 4.09. The van der Waals surface area contributed by atoms with Gasteiger partial charge in [-0.15, -0.1) is 11.3 Å². The van der Waals surface area contributed by atoms with E-state index >= 15 is 0 Å². The summed E-state index contributed by atoms with van der Waals surface area (Å²) < 4.78 is 5.06. The molecule has 1 aromatic heterocycles. The summed E-state index contributed by atoms with van der Waals surface area (Å²) in [5.41, 5.74) is 1.08. The first-order valence-corrected chi connectivity index (χ1v) is 9.17. The van der Waals surface area contributed by atoms with Crippen LogP contribution in [0.15, 0.2) is 35.6 Å². The largest absolute Gasteiger partial charge is 0.508 e. The molecule has 1 unspecified atom stereocenters. The lowest BCUT2D eigenvalue weighted by Crippen LogP contribution is -2.34. The van der Waals surface area contributed by atoms with Crippen LogP contribution in [0.4, 0.5) is 0 Å². The summed E-state index contributed by atoms with van der Waals surface area (Å²) in [6.07, 6.45) is 0. The van der Waals surface area contributed by atoms with Crippen LogP contribution in [0.3, 0.4) is 0 Å². The third-order valence-corrected chi connectivity index (χ3v) is 5.45. The Morgan fingerprint density at radius 3 is 2.67 bits per heavy atom. The number of aliphatic hydroxyl groups is 1. The molecule has 0 fully saturated rings. The van der Waals surface area contributed by atoms with Crippen LogP contribution in [0, 0.1) is 13.8 Å². The molecule has 27 heavy (non-hydrogen) atoms. The average molecular weight is 388 g/mol. The maximum atomic E-state index is 13.2. The van der Waals surface area contributed by atoms with Crippen LogP contribution in [0.5, 0.6) is 5.75 Å². The number of nitrogens with zero attached hydrogens (tertiary/aromatic N) is 2. The van der Waals surface area contributed by atoms with E-state index < -0.39 is 23.5 Å². The van der Waals surface area contributed by atoms with E-state index in [2.05, 4.69) is 4.98 Å². The third-order valence-electron chi connectivity index (χ3n) is 4.38. The molecule has 2 heterocycles. The van der Waals surface area contributed by atoms with Crippen molar-refractivity contribution in [1.82, 2.24) is 9.88 Å². The standard InChI is InChI=1S/C19H20N2O5S/c1-10-18(27-11(2)20-10)16(23)14-15(12-5-4-6-13(22)9-12)21(7-8-26-3)19(25)17(14)24/h4-6,9,15,22,24H,7-8H2,1-3H3. The number of aliphatic hydroxyl groups excluding tert-OH is 1. The van der Waals surface area contributed by atoms with E-state index in [1.807, 2.05) is 0 Å². The Hall–Kier alpha value is -2.71. The number of hydrogen-bond donors (Lipinski definition) is 2. The molecule has 0 saturated carbocycles. The lowest BCUT2D eigenvalue weighted by atomic mass is 9.95. The number of aryl methyl sites for hydroxylation is 2. The number of aromatic hydroxyl groups is 1. The average Bonchev–Trinajstić information content (AvgIpc) is 3.09. The lowest BCUT2D eigenvalue weighted by Gasteiger charge is -2.26. The second-order valence-electron chi connectivity index (χ2n) is 6.23. The summed E-state index contributed by atoms with van der Waals surface area (Å²) in [7, 11) is 1.51. The van der Waals surface area contributed by atoms with Crippen molar-refractivity contribution in [3.63, 3.8) is 0 Å². The topological polar surface area (TPSA) is 100.0 Å². The molecule has 1 aliphatic rings. The number of phenols is 1. The van der Waals surface area contributed by atoms with Crippen molar-refractivity contribution >= 4 is 23.0 Å². The zero-order valence-electron chi connectivity index (χ0n) is 15.2. The van der Waals surface area contributed by atoms with Gasteiger partial charge in [-0.2, -0.15) is 0 Å². The number of phenolic OH excluding ortho intramolecular Hbond substituents is 1. The normalized spacial score (nSPS) is 17.1. The third kappa shape index (κ3) is 3.45. The van der Waals surface area contributed by atoms with Crippen LogP contribution in [0.1, 0.15) is 32.0 Å². The minimum atomic E-state index is -0.811. The van der Waals surface area contributed by atoms with Crippen LogP contribution < -0.4 is 0 Å². The predicted octanol–water partition coefficient (Wildman–Crippen LogP) is 2.69. The molecular weight excluding hydrogens is 368 g/mol. The molecule has 1 atom stereocenters. The summed E-state index contributed by atoms with van der Waals surface area (Å²) in [6, 6.07) is 5.50. The molecule has 0 radical (unpaired) electrons. The van der Waals surface area contributed by atoms with E-state index in [0.29, 0.717) is 16.1 Å². The van der Waals surface area contributed by atoms with Gasteiger partial charge >= 0.3 is 0 Å². The van der Waals surface area contributed by atoms with Gasteiger partial charge in [0.1, 0.15) is 5.75 Å². The maximum absolute atomic E-state index is 13.2. The number of carbonyl (C=O) groups is 2.